The first-order valence-electron chi connectivity index (χ1n) is 6.65. The Bertz CT molecular complexity index is 540. The molecule has 2 aromatic rings. The molecular weight excluding hydrogens is 291 g/mol. The first kappa shape index (κ1) is 15.2. The molecule has 1 unspecified atom stereocenters. The Morgan fingerprint density at radius 1 is 1.05 bits per heavy atom. The van der Waals surface area contributed by atoms with Gasteiger partial charge in [0.05, 0.1) is 7.11 Å². The van der Waals surface area contributed by atoms with E-state index in [0.717, 1.165) is 29.2 Å². The van der Waals surface area contributed by atoms with Gasteiger partial charge in [0, 0.05) is 10.9 Å². The molecule has 0 saturated carbocycles. The van der Waals surface area contributed by atoms with E-state index in [2.05, 4.69) is 24.3 Å². The van der Waals surface area contributed by atoms with Crippen LogP contribution in [0.2, 0.25) is 5.02 Å². The molecule has 20 heavy (non-hydrogen) atoms. The molecule has 0 fully saturated rings. The second-order valence-corrected chi connectivity index (χ2v) is 5.62. The lowest BCUT2D eigenvalue weighted by Gasteiger charge is -2.16. The van der Waals surface area contributed by atoms with Crippen molar-refractivity contribution in [3.63, 3.8) is 0 Å². The number of methoxy groups -OCH3 is 1. The molecule has 1 nitrogen and oxygen atoms in total. The van der Waals surface area contributed by atoms with E-state index in [9.17, 15) is 0 Å². The van der Waals surface area contributed by atoms with Crippen molar-refractivity contribution in [2.45, 2.75) is 12.8 Å². The van der Waals surface area contributed by atoms with E-state index in [1.807, 2.05) is 24.3 Å². The minimum Gasteiger partial charge on any atom is -0.496 e. The molecule has 0 aliphatic heterocycles. The highest BCUT2D eigenvalue weighted by atomic mass is 35.5. The fraction of sp³-hybridized carbons (Fsp3) is 0.294. The Morgan fingerprint density at radius 3 is 2.45 bits per heavy atom. The summed E-state index contributed by atoms with van der Waals surface area (Å²) in [6, 6.07) is 16.1. The molecule has 0 radical (unpaired) electrons. The number of ether oxygens (including phenoxy) is 1. The zero-order chi connectivity index (χ0) is 14.4. The maximum atomic E-state index is 6.13. The van der Waals surface area contributed by atoms with E-state index in [0.29, 0.717) is 11.8 Å². The van der Waals surface area contributed by atoms with Crippen molar-refractivity contribution in [3.05, 3.63) is 64.7 Å². The topological polar surface area (TPSA) is 9.23 Å². The molecule has 0 bridgehead atoms. The molecule has 1 atom stereocenters. The van der Waals surface area contributed by atoms with E-state index >= 15 is 0 Å². The fourth-order valence-electron chi connectivity index (χ4n) is 2.35. The van der Waals surface area contributed by atoms with Crippen molar-refractivity contribution >= 4 is 23.2 Å². The number of alkyl halides is 1. The summed E-state index contributed by atoms with van der Waals surface area (Å²) in [4.78, 5) is 0. The van der Waals surface area contributed by atoms with Crippen LogP contribution >= 0.6 is 23.2 Å². The lowest BCUT2D eigenvalue weighted by atomic mass is 9.93. The van der Waals surface area contributed by atoms with Crippen molar-refractivity contribution in [1.82, 2.24) is 0 Å². The van der Waals surface area contributed by atoms with E-state index in [1.165, 1.54) is 5.56 Å². The van der Waals surface area contributed by atoms with Crippen LogP contribution in [0.4, 0.5) is 0 Å². The van der Waals surface area contributed by atoms with Gasteiger partial charge in [-0.1, -0.05) is 41.9 Å². The molecule has 0 aliphatic rings. The van der Waals surface area contributed by atoms with Gasteiger partial charge in [-0.2, -0.15) is 0 Å². The number of hydrogen-bond donors (Lipinski definition) is 0. The monoisotopic (exact) mass is 308 g/mol. The van der Waals surface area contributed by atoms with E-state index in [1.54, 1.807) is 7.11 Å². The predicted octanol–water partition coefficient (Wildman–Crippen LogP) is 4.99. The van der Waals surface area contributed by atoms with Gasteiger partial charge in [0.15, 0.2) is 0 Å². The van der Waals surface area contributed by atoms with Crippen molar-refractivity contribution in [2.75, 3.05) is 13.0 Å². The van der Waals surface area contributed by atoms with Crippen molar-refractivity contribution in [1.29, 1.82) is 0 Å². The van der Waals surface area contributed by atoms with Crippen LogP contribution in [0.5, 0.6) is 5.75 Å². The third kappa shape index (κ3) is 4.16. The predicted molar refractivity (Wildman–Crippen MR) is 86.1 cm³/mol. The highest BCUT2D eigenvalue weighted by molar-refractivity contribution is 6.30. The first-order valence-corrected chi connectivity index (χ1v) is 7.56. The average molecular weight is 309 g/mol. The number of halogens is 2. The summed E-state index contributed by atoms with van der Waals surface area (Å²) in [5.74, 6) is 1.86. The van der Waals surface area contributed by atoms with Crippen LogP contribution in [-0.2, 0) is 12.8 Å². The molecule has 0 amide bonds. The lowest BCUT2D eigenvalue weighted by Crippen LogP contribution is -2.11. The maximum absolute atomic E-state index is 6.13. The van der Waals surface area contributed by atoms with Crippen molar-refractivity contribution in [2.24, 2.45) is 5.92 Å². The number of rotatable bonds is 6. The Hall–Kier alpha value is -1.18. The van der Waals surface area contributed by atoms with Crippen LogP contribution in [0.1, 0.15) is 11.1 Å². The normalized spacial score (nSPS) is 12.2. The molecule has 106 valence electrons. The molecule has 0 heterocycles. The summed E-state index contributed by atoms with van der Waals surface area (Å²) < 4.78 is 5.39. The number of hydrogen-bond acceptors (Lipinski definition) is 1. The quantitative estimate of drug-likeness (QED) is 0.683. The Balaban J connectivity index is 2.12. The van der Waals surface area contributed by atoms with Crippen LogP contribution in [0.25, 0.3) is 0 Å². The molecule has 2 rings (SSSR count). The smallest absolute Gasteiger partial charge is 0.122 e. The van der Waals surface area contributed by atoms with Crippen molar-refractivity contribution < 1.29 is 4.74 Å². The first-order chi connectivity index (χ1) is 9.72. The van der Waals surface area contributed by atoms with Gasteiger partial charge in [-0.3, -0.25) is 0 Å². The average Bonchev–Trinajstić information content (AvgIpc) is 2.48. The fourth-order valence-corrected chi connectivity index (χ4v) is 2.76. The molecule has 0 N–H and O–H groups in total. The van der Waals surface area contributed by atoms with E-state index in [-0.39, 0.29) is 0 Å². The van der Waals surface area contributed by atoms with Crippen LogP contribution in [0.3, 0.4) is 0 Å². The largest absolute Gasteiger partial charge is 0.496 e. The minimum atomic E-state index is 0.367. The SMILES string of the molecule is COc1ccc(Cl)cc1CC(CCl)Cc1ccccc1. The van der Waals surface area contributed by atoms with Gasteiger partial charge < -0.3 is 4.74 Å². The molecule has 0 spiro atoms. The zero-order valence-corrected chi connectivity index (χ0v) is 13.0. The second-order valence-electron chi connectivity index (χ2n) is 4.87. The van der Waals surface area contributed by atoms with Gasteiger partial charge in [0.25, 0.3) is 0 Å². The standard InChI is InChI=1S/C17H18Cl2O/c1-20-17-8-7-16(19)11-15(17)10-14(12-18)9-13-5-3-2-4-6-13/h2-8,11,14H,9-10,12H2,1H3. The van der Waals surface area contributed by atoms with Crippen LogP contribution < -0.4 is 4.74 Å². The number of benzene rings is 2. The minimum absolute atomic E-state index is 0.367. The van der Waals surface area contributed by atoms with E-state index < -0.39 is 0 Å². The summed E-state index contributed by atoms with van der Waals surface area (Å²) in [6.07, 6.45) is 1.82. The van der Waals surface area contributed by atoms with Gasteiger partial charge in [-0.05, 0) is 48.1 Å². The zero-order valence-electron chi connectivity index (χ0n) is 11.5. The van der Waals surface area contributed by atoms with E-state index in [4.69, 9.17) is 27.9 Å². The molecule has 0 aliphatic carbocycles. The maximum Gasteiger partial charge on any atom is 0.122 e. The molecular formula is C17H18Cl2O. The summed E-state index contributed by atoms with van der Waals surface area (Å²) in [5, 5.41) is 0.730. The second kappa shape index (κ2) is 7.56. The van der Waals surface area contributed by atoms with Gasteiger partial charge in [-0.15, -0.1) is 11.6 Å². The Kier molecular flexibility index (Phi) is 5.75. The summed E-state index contributed by atoms with van der Waals surface area (Å²) in [7, 11) is 1.68. The van der Waals surface area contributed by atoms with Gasteiger partial charge >= 0.3 is 0 Å². The van der Waals surface area contributed by atoms with Gasteiger partial charge in [-0.25, -0.2) is 0 Å². The van der Waals surface area contributed by atoms with Crippen LogP contribution in [-0.4, -0.2) is 13.0 Å². The highest BCUT2D eigenvalue weighted by Gasteiger charge is 2.13. The lowest BCUT2D eigenvalue weighted by molar-refractivity contribution is 0.405. The molecule has 0 aromatic heterocycles. The molecule has 3 heteroatoms. The summed E-state index contributed by atoms with van der Waals surface area (Å²) >= 11 is 12.2. The molecule has 2 aromatic carbocycles. The van der Waals surface area contributed by atoms with Gasteiger partial charge in [0.1, 0.15) is 5.75 Å². The third-order valence-electron chi connectivity index (χ3n) is 3.34. The summed E-state index contributed by atoms with van der Waals surface area (Å²) in [6.45, 7) is 0. The Morgan fingerprint density at radius 2 is 1.80 bits per heavy atom. The highest BCUT2D eigenvalue weighted by Crippen LogP contribution is 2.26. The Labute approximate surface area is 130 Å². The van der Waals surface area contributed by atoms with Gasteiger partial charge in [0.2, 0.25) is 0 Å². The van der Waals surface area contributed by atoms with Crippen molar-refractivity contribution in [3.8, 4) is 5.75 Å². The van der Waals surface area contributed by atoms with Crippen LogP contribution in [0.15, 0.2) is 48.5 Å². The summed E-state index contributed by atoms with van der Waals surface area (Å²) in [5.41, 5.74) is 2.42. The van der Waals surface area contributed by atoms with Crippen LogP contribution in [0, 0.1) is 5.92 Å². The third-order valence-corrected chi connectivity index (χ3v) is 4.01. The molecule has 0 saturated heterocycles.